The molecule has 0 bridgehead atoms. The van der Waals surface area contributed by atoms with E-state index in [9.17, 15) is 13.2 Å². The Kier molecular flexibility index (Phi) is 5.81. The molecule has 0 N–H and O–H groups in total. The Balaban J connectivity index is 1.81. The molecule has 2 fully saturated rings. The van der Waals surface area contributed by atoms with Gasteiger partial charge in [0.1, 0.15) is 0 Å². The molecule has 2 aliphatic rings. The lowest BCUT2D eigenvalue weighted by Gasteiger charge is -2.35. The number of hydrogen-bond acceptors (Lipinski definition) is 5. The van der Waals surface area contributed by atoms with Gasteiger partial charge in [-0.2, -0.15) is 0 Å². The van der Waals surface area contributed by atoms with Crippen molar-refractivity contribution in [2.75, 3.05) is 59.7 Å². The second kappa shape index (κ2) is 7.25. The van der Waals surface area contributed by atoms with E-state index in [0.717, 1.165) is 13.1 Å². The third-order valence-electron chi connectivity index (χ3n) is 4.47. The van der Waals surface area contributed by atoms with Gasteiger partial charge >= 0.3 is 0 Å². The monoisotopic (exact) mass is 333 g/mol. The van der Waals surface area contributed by atoms with Crippen LogP contribution < -0.4 is 0 Å². The molecule has 2 heterocycles. The number of nitrogens with zero attached hydrogens (tertiary/aromatic N) is 3. The minimum atomic E-state index is -3.14. The summed E-state index contributed by atoms with van der Waals surface area (Å²) in [5.74, 6) is 0.0225. The lowest BCUT2D eigenvalue weighted by atomic mass is 9.96. The maximum absolute atomic E-state index is 12.5. The molecule has 22 heavy (non-hydrogen) atoms. The standard InChI is InChI=1S/C14H27N3O4S/c1-15-8-9-21-13(10-15)11-16(2)14(18)12-4-6-17(7-5-12)22(3,19)20/h12-13H,4-11H2,1-3H3. The van der Waals surface area contributed by atoms with E-state index in [1.165, 1.54) is 10.6 Å². The van der Waals surface area contributed by atoms with Crippen LogP contribution in [0, 0.1) is 5.92 Å². The molecule has 0 spiro atoms. The maximum Gasteiger partial charge on any atom is 0.225 e. The number of ether oxygens (including phenoxy) is 1. The third-order valence-corrected chi connectivity index (χ3v) is 5.77. The molecule has 0 saturated carbocycles. The van der Waals surface area contributed by atoms with Gasteiger partial charge in [0.15, 0.2) is 0 Å². The van der Waals surface area contributed by atoms with Gasteiger partial charge in [0.05, 0.1) is 19.0 Å². The van der Waals surface area contributed by atoms with Crippen LogP contribution in [0.25, 0.3) is 0 Å². The first-order chi connectivity index (χ1) is 10.3. The topological polar surface area (TPSA) is 70.2 Å². The number of sulfonamides is 1. The molecule has 0 aromatic heterocycles. The molecular formula is C14H27N3O4S. The lowest BCUT2D eigenvalue weighted by Crippen LogP contribution is -2.48. The van der Waals surface area contributed by atoms with Crippen LogP contribution in [0.5, 0.6) is 0 Å². The Hall–Kier alpha value is -0.700. The van der Waals surface area contributed by atoms with Crippen molar-refractivity contribution in [2.24, 2.45) is 5.92 Å². The van der Waals surface area contributed by atoms with Crippen LogP contribution in [-0.2, 0) is 19.6 Å². The van der Waals surface area contributed by atoms with E-state index >= 15 is 0 Å². The van der Waals surface area contributed by atoms with E-state index in [2.05, 4.69) is 11.9 Å². The molecule has 2 saturated heterocycles. The molecule has 128 valence electrons. The molecule has 1 atom stereocenters. The van der Waals surface area contributed by atoms with Gasteiger partial charge in [-0.15, -0.1) is 0 Å². The summed E-state index contributed by atoms with van der Waals surface area (Å²) < 4.78 is 30.1. The summed E-state index contributed by atoms with van der Waals surface area (Å²) in [6.07, 6.45) is 2.48. The molecule has 0 aromatic rings. The molecule has 7 nitrogen and oxygen atoms in total. The van der Waals surface area contributed by atoms with Crippen LogP contribution in [0.3, 0.4) is 0 Å². The van der Waals surface area contributed by atoms with E-state index in [4.69, 9.17) is 4.74 Å². The van der Waals surface area contributed by atoms with Gasteiger partial charge in [-0.3, -0.25) is 4.79 Å². The predicted octanol–water partition coefficient (Wildman–Crippen LogP) is -0.553. The molecule has 1 unspecified atom stereocenters. The van der Waals surface area contributed by atoms with Crippen molar-refractivity contribution >= 4 is 15.9 Å². The van der Waals surface area contributed by atoms with E-state index in [1.54, 1.807) is 4.90 Å². The Morgan fingerprint density at radius 2 is 1.91 bits per heavy atom. The quantitative estimate of drug-likeness (QED) is 0.690. The van der Waals surface area contributed by atoms with Crippen LogP contribution in [0.15, 0.2) is 0 Å². The van der Waals surface area contributed by atoms with Crippen molar-refractivity contribution < 1.29 is 17.9 Å². The molecular weight excluding hydrogens is 306 g/mol. The van der Waals surface area contributed by atoms with Crippen molar-refractivity contribution in [1.29, 1.82) is 0 Å². The van der Waals surface area contributed by atoms with E-state index in [1.807, 2.05) is 7.05 Å². The van der Waals surface area contributed by atoms with Gasteiger partial charge in [0.2, 0.25) is 15.9 Å². The molecule has 0 aliphatic carbocycles. The summed E-state index contributed by atoms with van der Waals surface area (Å²) in [4.78, 5) is 16.4. The highest BCUT2D eigenvalue weighted by atomic mass is 32.2. The minimum absolute atomic E-state index is 0.0591. The number of morpholine rings is 1. The summed E-state index contributed by atoms with van der Waals surface area (Å²) >= 11 is 0. The van der Waals surface area contributed by atoms with Crippen LogP contribution in [-0.4, -0.2) is 94.2 Å². The smallest absolute Gasteiger partial charge is 0.225 e. The maximum atomic E-state index is 12.5. The number of carbonyl (C=O) groups excluding carboxylic acids is 1. The molecule has 2 aliphatic heterocycles. The van der Waals surface area contributed by atoms with Crippen LogP contribution in [0.2, 0.25) is 0 Å². The fourth-order valence-electron chi connectivity index (χ4n) is 3.12. The first-order valence-corrected chi connectivity index (χ1v) is 9.62. The fraction of sp³-hybridized carbons (Fsp3) is 0.929. The van der Waals surface area contributed by atoms with Gasteiger partial charge < -0.3 is 14.5 Å². The van der Waals surface area contributed by atoms with Crippen molar-refractivity contribution in [3.63, 3.8) is 0 Å². The summed E-state index contributed by atoms with van der Waals surface area (Å²) in [5, 5.41) is 0. The summed E-state index contributed by atoms with van der Waals surface area (Å²) in [5.41, 5.74) is 0. The van der Waals surface area contributed by atoms with Gasteiger partial charge in [0, 0.05) is 45.7 Å². The van der Waals surface area contributed by atoms with Crippen LogP contribution in [0.4, 0.5) is 0 Å². The second-order valence-corrected chi connectivity index (χ2v) is 8.39. The van der Waals surface area contributed by atoms with Gasteiger partial charge in [-0.25, -0.2) is 12.7 Å². The Labute approximate surface area is 133 Å². The average Bonchev–Trinajstić information content (AvgIpc) is 2.45. The first kappa shape index (κ1) is 17.7. The molecule has 0 radical (unpaired) electrons. The van der Waals surface area contributed by atoms with E-state index in [-0.39, 0.29) is 17.9 Å². The summed E-state index contributed by atoms with van der Waals surface area (Å²) in [6.45, 7) is 3.94. The van der Waals surface area contributed by atoms with Crippen molar-refractivity contribution in [3.8, 4) is 0 Å². The molecule has 0 aromatic carbocycles. The zero-order valence-corrected chi connectivity index (χ0v) is 14.5. The number of carbonyl (C=O) groups is 1. The molecule has 8 heteroatoms. The number of hydrogen-bond donors (Lipinski definition) is 0. The SMILES string of the molecule is CN1CCOC(CN(C)C(=O)C2CCN(S(C)(=O)=O)CC2)C1. The fourth-order valence-corrected chi connectivity index (χ4v) is 3.99. The van der Waals surface area contributed by atoms with Crippen molar-refractivity contribution in [3.05, 3.63) is 0 Å². The van der Waals surface area contributed by atoms with E-state index < -0.39 is 10.0 Å². The van der Waals surface area contributed by atoms with Crippen LogP contribution >= 0.6 is 0 Å². The molecule has 1 amide bonds. The van der Waals surface area contributed by atoms with Crippen molar-refractivity contribution in [1.82, 2.24) is 14.1 Å². The second-order valence-electron chi connectivity index (χ2n) is 6.41. The number of piperidine rings is 1. The number of rotatable bonds is 4. The minimum Gasteiger partial charge on any atom is -0.374 e. The number of amides is 1. The molecule has 2 rings (SSSR count). The predicted molar refractivity (Wildman–Crippen MR) is 84.0 cm³/mol. The van der Waals surface area contributed by atoms with Gasteiger partial charge in [-0.05, 0) is 19.9 Å². The van der Waals surface area contributed by atoms with Crippen LogP contribution in [0.1, 0.15) is 12.8 Å². The Morgan fingerprint density at radius 3 is 2.45 bits per heavy atom. The van der Waals surface area contributed by atoms with Gasteiger partial charge in [0.25, 0.3) is 0 Å². The zero-order chi connectivity index (χ0) is 16.3. The zero-order valence-electron chi connectivity index (χ0n) is 13.7. The first-order valence-electron chi connectivity index (χ1n) is 7.77. The van der Waals surface area contributed by atoms with Crippen molar-refractivity contribution in [2.45, 2.75) is 18.9 Å². The number of likely N-dealkylation sites (N-methyl/N-ethyl adjacent to an activating group) is 2. The van der Waals surface area contributed by atoms with Gasteiger partial charge in [-0.1, -0.05) is 0 Å². The normalized spacial score (nSPS) is 26.0. The largest absolute Gasteiger partial charge is 0.374 e. The third kappa shape index (κ3) is 4.65. The summed E-state index contributed by atoms with van der Waals surface area (Å²) in [6, 6.07) is 0. The Morgan fingerprint density at radius 1 is 1.27 bits per heavy atom. The lowest BCUT2D eigenvalue weighted by molar-refractivity contribution is -0.138. The van der Waals surface area contributed by atoms with E-state index in [0.29, 0.717) is 39.1 Å². The Bertz CT molecular complexity index is 488. The average molecular weight is 333 g/mol. The summed E-state index contributed by atoms with van der Waals surface area (Å²) in [7, 11) is 0.721. The highest BCUT2D eigenvalue weighted by molar-refractivity contribution is 7.88. The highest BCUT2D eigenvalue weighted by Gasteiger charge is 2.31. The highest BCUT2D eigenvalue weighted by Crippen LogP contribution is 2.21.